The second-order valence-corrected chi connectivity index (χ2v) is 12.4. The molecule has 1 aliphatic rings. The van der Waals surface area contributed by atoms with Crippen LogP contribution in [0.5, 0.6) is 0 Å². The van der Waals surface area contributed by atoms with E-state index >= 15 is 0 Å². The number of anilines is 1. The second kappa shape index (κ2) is 9.18. The van der Waals surface area contributed by atoms with E-state index in [1.807, 2.05) is 38.1 Å². The number of aromatic nitrogens is 2. The number of rotatable bonds is 6. The molecule has 1 atom stereocenters. The van der Waals surface area contributed by atoms with Crippen molar-refractivity contribution in [1.82, 2.24) is 14.3 Å². The molecule has 34 heavy (non-hydrogen) atoms. The number of thiazole rings is 1. The Hall–Kier alpha value is -2.66. The van der Waals surface area contributed by atoms with Crippen LogP contribution in [-0.2, 0) is 21.4 Å². The maximum Gasteiger partial charge on any atom is 0.253 e. The zero-order valence-electron chi connectivity index (χ0n) is 18.8. The van der Waals surface area contributed by atoms with Crippen LogP contribution < -0.4 is 4.90 Å². The minimum atomic E-state index is -3.74. The van der Waals surface area contributed by atoms with Crippen LogP contribution in [0.3, 0.4) is 0 Å². The summed E-state index contributed by atoms with van der Waals surface area (Å²) in [6.45, 7) is 4.61. The molecule has 7 nitrogen and oxygen atoms in total. The fourth-order valence-electron chi connectivity index (χ4n) is 4.20. The Bertz CT molecular complexity index is 1430. The average molecular weight is 513 g/mol. The molecule has 1 unspecified atom stereocenters. The molecule has 4 aromatic rings. The highest BCUT2D eigenvalue weighted by atomic mass is 32.2. The van der Waals surface area contributed by atoms with Crippen molar-refractivity contribution in [1.29, 1.82) is 0 Å². The van der Waals surface area contributed by atoms with Gasteiger partial charge in [-0.2, -0.15) is 4.31 Å². The van der Waals surface area contributed by atoms with E-state index in [0.717, 1.165) is 21.3 Å². The van der Waals surface area contributed by atoms with Gasteiger partial charge in [-0.05, 0) is 67.5 Å². The summed E-state index contributed by atoms with van der Waals surface area (Å²) < 4.78 is 29.2. The summed E-state index contributed by atoms with van der Waals surface area (Å²) in [6.07, 6.45) is 2.80. The van der Waals surface area contributed by atoms with E-state index in [4.69, 9.17) is 4.98 Å². The number of thiophene rings is 1. The Morgan fingerprint density at radius 1 is 1.18 bits per heavy atom. The second-order valence-electron chi connectivity index (χ2n) is 8.30. The summed E-state index contributed by atoms with van der Waals surface area (Å²) in [5.41, 5.74) is 3.80. The van der Waals surface area contributed by atoms with Crippen molar-refractivity contribution in [3.63, 3.8) is 0 Å². The van der Waals surface area contributed by atoms with Crippen LogP contribution in [0, 0.1) is 13.8 Å². The predicted octanol–water partition coefficient (Wildman–Crippen LogP) is 4.76. The molecule has 1 amide bonds. The lowest BCUT2D eigenvalue weighted by Gasteiger charge is -2.28. The molecule has 1 aromatic carbocycles. The van der Waals surface area contributed by atoms with E-state index in [1.54, 1.807) is 28.6 Å². The van der Waals surface area contributed by atoms with Crippen molar-refractivity contribution in [3.05, 3.63) is 70.9 Å². The number of hydrogen-bond acceptors (Lipinski definition) is 7. The smallest absolute Gasteiger partial charge is 0.253 e. The zero-order chi connectivity index (χ0) is 23.9. The number of carbonyl (C=O) groups is 1. The van der Waals surface area contributed by atoms with Gasteiger partial charge in [-0.3, -0.25) is 14.7 Å². The SMILES string of the molecule is Cc1ccc2sc(N(Cc3ccccn3)C(=O)C3CCCN3S(=O)(=O)c3cccs3)nc2c1C. The van der Waals surface area contributed by atoms with Crippen LogP contribution >= 0.6 is 22.7 Å². The van der Waals surface area contributed by atoms with Crippen molar-refractivity contribution >= 4 is 54.0 Å². The molecule has 0 saturated carbocycles. The van der Waals surface area contributed by atoms with E-state index in [9.17, 15) is 13.2 Å². The van der Waals surface area contributed by atoms with Gasteiger partial charge in [-0.1, -0.05) is 29.5 Å². The first-order valence-electron chi connectivity index (χ1n) is 11.0. The Labute approximate surface area is 206 Å². The fraction of sp³-hybridized carbons (Fsp3) is 0.292. The van der Waals surface area contributed by atoms with Crippen molar-refractivity contribution in [2.45, 2.75) is 43.5 Å². The highest BCUT2D eigenvalue weighted by Gasteiger charge is 2.42. The minimum Gasteiger partial charge on any atom is -0.281 e. The number of sulfonamides is 1. The third kappa shape index (κ3) is 4.15. The normalized spacial score (nSPS) is 16.8. The van der Waals surface area contributed by atoms with Crippen molar-refractivity contribution in [2.75, 3.05) is 11.4 Å². The Kier molecular flexibility index (Phi) is 6.24. The number of aryl methyl sites for hydroxylation is 2. The molecule has 176 valence electrons. The molecule has 5 rings (SSSR count). The molecule has 0 aliphatic carbocycles. The average Bonchev–Trinajstić information content (AvgIpc) is 3.61. The van der Waals surface area contributed by atoms with Gasteiger partial charge in [0.25, 0.3) is 10.0 Å². The molecule has 1 fully saturated rings. The van der Waals surface area contributed by atoms with Gasteiger partial charge in [-0.25, -0.2) is 13.4 Å². The molecule has 3 aromatic heterocycles. The Morgan fingerprint density at radius 3 is 2.76 bits per heavy atom. The van der Waals surface area contributed by atoms with Crippen molar-refractivity contribution in [3.8, 4) is 0 Å². The molecule has 4 heterocycles. The summed E-state index contributed by atoms with van der Waals surface area (Å²) >= 11 is 2.61. The van der Waals surface area contributed by atoms with E-state index < -0.39 is 16.1 Å². The van der Waals surface area contributed by atoms with E-state index in [2.05, 4.69) is 11.1 Å². The van der Waals surface area contributed by atoms with E-state index in [0.29, 0.717) is 30.2 Å². The summed E-state index contributed by atoms with van der Waals surface area (Å²) in [6, 6.07) is 12.2. The fourth-order valence-corrected chi connectivity index (χ4v) is 8.00. The number of nitrogens with zero attached hydrogens (tertiary/aromatic N) is 4. The van der Waals surface area contributed by atoms with Gasteiger partial charge < -0.3 is 0 Å². The quantitative estimate of drug-likeness (QED) is 0.372. The third-order valence-corrected chi connectivity index (χ3v) is 10.5. The van der Waals surface area contributed by atoms with Gasteiger partial charge in [0.15, 0.2) is 5.13 Å². The topological polar surface area (TPSA) is 83.5 Å². The molecule has 1 aliphatic heterocycles. The zero-order valence-corrected chi connectivity index (χ0v) is 21.3. The third-order valence-electron chi connectivity index (χ3n) is 6.16. The molecule has 10 heteroatoms. The Balaban J connectivity index is 1.55. The van der Waals surface area contributed by atoms with Crippen molar-refractivity contribution < 1.29 is 13.2 Å². The van der Waals surface area contributed by atoms with Crippen LogP contribution in [0.4, 0.5) is 5.13 Å². The summed E-state index contributed by atoms with van der Waals surface area (Å²) in [4.78, 5) is 24.8. The lowest BCUT2D eigenvalue weighted by atomic mass is 10.1. The molecule has 0 radical (unpaired) electrons. The lowest BCUT2D eigenvalue weighted by molar-refractivity contribution is -0.121. The van der Waals surface area contributed by atoms with Gasteiger partial charge in [0, 0.05) is 12.7 Å². The molecular formula is C24H24N4O3S3. The Morgan fingerprint density at radius 2 is 2.03 bits per heavy atom. The summed E-state index contributed by atoms with van der Waals surface area (Å²) in [5, 5.41) is 2.29. The van der Waals surface area contributed by atoms with Crippen molar-refractivity contribution in [2.24, 2.45) is 0 Å². The lowest BCUT2D eigenvalue weighted by Crippen LogP contribution is -2.47. The minimum absolute atomic E-state index is 0.223. The molecule has 0 spiro atoms. The predicted molar refractivity (Wildman–Crippen MR) is 136 cm³/mol. The number of amides is 1. The van der Waals surface area contributed by atoms with Gasteiger partial charge in [0.05, 0.1) is 22.5 Å². The number of hydrogen-bond donors (Lipinski definition) is 0. The van der Waals surface area contributed by atoms with E-state index in [1.165, 1.54) is 27.0 Å². The molecule has 0 N–H and O–H groups in total. The largest absolute Gasteiger partial charge is 0.281 e. The van der Waals surface area contributed by atoms with Crippen LogP contribution in [0.25, 0.3) is 10.2 Å². The van der Waals surface area contributed by atoms with Crippen LogP contribution in [0.1, 0.15) is 29.7 Å². The monoisotopic (exact) mass is 512 g/mol. The first-order chi connectivity index (χ1) is 16.4. The number of benzene rings is 1. The van der Waals surface area contributed by atoms with Crippen LogP contribution in [-0.4, -0.2) is 41.2 Å². The molecule has 1 saturated heterocycles. The molecular weight excluding hydrogens is 488 g/mol. The first-order valence-corrected chi connectivity index (χ1v) is 14.1. The number of pyridine rings is 1. The first kappa shape index (κ1) is 23.1. The standard InChI is InChI=1S/C24H24N4O3S3/c1-16-10-11-20-22(17(16)2)26-24(33-20)27(15-18-7-3-4-12-25-18)23(29)19-8-5-13-28(19)34(30,31)21-9-6-14-32-21/h3-4,6-7,9-12,14,19H,5,8,13,15H2,1-2H3. The number of carbonyl (C=O) groups excluding carboxylic acids is 1. The van der Waals surface area contributed by atoms with Crippen LogP contribution in [0.2, 0.25) is 0 Å². The van der Waals surface area contributed by atoms with Gasteiger partial charge >= 0.3 is 0 Å². The number of fused-ring (bicyclic) bond motifs is 1. The highest BCUT2D eigenvalue weighted by Crippen LogP contribution is 2.35. The molecule has 0 bridgehead atoms. The van der Waals surface area contributed by atoms with Gasteiger partial charge in [0.1, 0.15) is 10.3 Å². The maximum absolute atomic E-state index is 14.0. The summed E-state index contributed by atoms with van der Waals surface area (Å²) in [5.74, 6) is -0.267. The van der Waals surface area contributed by atoms with Crippen LogP contribution in [0.15, 0.2) is 58.3 Å². The highest BCUT2D eigenvalue weighted by molar-refractivity contribution is 7.91. The summed E-state index contributed by atoms with van der Waals surface area (Å²) in [7, 11) is -3.74. The van der Waals surface area contributed by atoms with Gasteiger partial charge in [-0.15, -0.1) is 11.3 Å². The van der Waals surface area contributed by atoms with E-state index in [-0.39, 0.29) is 16.7 Å². The van der Waals surface area contributed by atoms with Gasteiger partial charge in [0.2, 0.25) is 5.91 Å². The maximum atomic E-state index is 14.0.